The summed E-state index contributed by atoms with van der Waals surface area (Å²) in [5.41, 5.74) is 3.74. The SMILES string of the molecule is CNC(=O)c1cccc(F)c1Nc1nc(Nc2ccc3c(c2)CCN(CCOC)CC3)ncc1Br. The summed E-state index contributed by atoms with van der Waals surface area (Å²) in [6.45, 7) is 3.67. The maximum atomic E-state index is 14.6. The lowest BCUT2D eigenvalue weighted by Gasteiger charge is -2.18. The number of para-hydroxylation sites is 1. The van der Waals surface area contributed by atoms with Crippen molar-refractivity contribution in [3.63, 3.8) is 0 Å². The minimum atomic E-state index is -0.559. The molecule has 3 aromatic rings. The van der Waals surface area contributed by atoms with Crippen molar-refractivity contribution in [1.82, 2.24) is 20.2 Å². The van der Waals surface area contributed by atoms with Crippen LogP contribution in [0.1, 0.15) is 21.5 Å². The van der Waals surface area contributed by atoms with Crippen molar-refractivity contribution in [3.05, 3.63) is 69.6 Å². The minimum absolute atomic E-state index is 0.0419. The van der Waals surface area contributed by atoms with Crippen molar-refractivity contribution in [2.45, 2.75) is 12.8 Å². The molecule has 3 N–H and O–H groups in total. The van der Waals surface area contributed by atoms with Crippen LogP contribution in [0, 0.1) is 5.82 Å². The first kappa shape index (κ1) is 25.0. The number of ether oxygens (including phenoxy) is 1. The van der Waals surface area contributed by atoms with E-state index in [4.69, 9.17) is 4.74 Å². The molecule has 0 aliphatic carbocycles. The summed E-state index contributed by atoms with van der Waals surface area (Å²) in [5, 5.41) is 8.71. The van der Waals surface area contributed by atoms with Gasteiger partial charge in [-0.05, 0) is 64.2 Å². The van der Waals surface area contributed by atoms with Gasteiger partial charge in [0.15, 0.2) is 0 Å². The number of anilines is 4. The highest BCUT2D eigenvalue weighted by Crippen LogP contribution is 2.29. The second kappa shape index (κ2) is 11.6. The Morgan fingerprint density at radius 3 is 2.74 bits per heavy atom. The van der Waals surface area contributed by atoms with Crippen LogP contribution in [-0.2, 0) is 17.6 Å². The Labute approximate surface area is 212 Å². The third kappa shape index (κ3) is 6.14. The number of hydrogen-bond acceptors (Lipinski definition) is 7. The summed E-state index contributed by atoms with van der Waals surface area (Å²) in [7, 11) is 3.23. The summed E-state index contributed by atoms with van der Waals surface area (Å²) in [6.07, 6.45) is 3.53. The summed E-state index contributed by atoms with van der Waals surface area (Å²) >= 11 is 3.41. The van der Waals surface area contributed by atoms with Gasteiger partial charge < -0.3 is 25.6 Å². The van der Waals surface area contributed by atoms with Crippen molar-refractivity contribution < 1.29 is 13.9 Å². The number of aromatic nitrogens is 2. The van der Waals surface area contributed by atoms with Gasteiger partial charge >= 0.3 is 0 Å². The standard InChI is InChI=1S/C25H28BrFN6O2/c1-28-24(34)19-4-3-5-21(27)22(19)31-23-20(26)15-29-25(32-23)30-18-7-6-16-8-10-33(12-13-35-2)11-9-17(16)14-18/h3-7,14-15H,8-13H2,1-2H3,(H,28,34)(H2,29,30,31,32). The number of amides is 1. The normalized spacial score (nSPS) is 13.6. The first-order chi connectivity index (χ1) is 17.0. The first-order valence-electron chi connectivity index (χ1n) is 11.4. The van der Waals surface area contributed by atoms with Crippen LogP contribution >= 0.6 is 15.9 Å². The fourth-order valence-electron chi connectivity index (χ4n) is 4.03. The zero-order chi connectivity index (χ0) is 24.8. The van der Waals surface area contributed by atoms with Gasteiger partial charge in [-0.3, -0.25) is 4.79 Å². The Morgan fingerprint density at radius 1 is 1.17 bits per heavy atom. The molecule has 0 radical (unpaired) electrons. The number of carbonyl (C=O) groups is 1. The largest absolute Gasteiger partial charge is 0.383 e. The van der Waals surface area contributed by atoms with Crippen molar-refractivity contribution in [3.8, 4) is 0 Å². The molecule has 0 atom stereocenters. The fraction of sp³-hybridized carbons (Fsp3) is 0.320. The number of nitrogens with one attached hydrogen (secondary N) is 3. The van der Waals surface area contributed by atoms with E-state index < -0.39 is 11.7 Å². The molecule has 1 amide bonds. The quantitative estimate of drug-likeness (QED) is 0.391. The minimum Gasteiger partial charge on any atom is -0.383 e. The van der Waals surface area contributed by atoms with Crippen LogP contribution in [-0.4, -0.2) is 61.2 Å². The average molecular weight is 543 g/mol. The van der Waals surface area contributed by atoms with Crippen LogP contribution in [0.2, 0.25) is 0 Å². The molecule has 1 aliphatic heterocycles. The molecular weight excluding hydrogens is 515 g/mol. The topological polar surface area (TPSA) is 91.4 Å². The van der Waals surface area contributed by atoms with E-state index in [2.05, 4.69) is 58.9 Å². The van der Waals surface area contributed by atoms with Gasteiger partial charge in [-0.1, -0.05) is 12.1 Å². The lowest BCUT2D eigenvalue weighted by atomic mass is 10.0. The van der Waals surface area contributed by atoms with E-state index in [-0.39, 0.29) is 11.3 Å². The van der Waals surface area contributed by atoms with Gasteiger partial charge in [-0.2, -0.15) is 4.98 Å². The van der Waals surface area contributed by atoms with E-state index in [0.717, 1.165) is 44.8 Å². The molecule has 10 heteroatoms. The van der Waals surface area contributed by atoms with Crippen molar-refractivity contribution in [2.24, 2.45) is 0 Å². The number of methoxy groups -OCH3 is 1. The molecule has 0 saturated heterocycles. The maximum Gasteiger partial charge on any atom is 0.253 e. The molecule has 0 spiro atoms. The molecule has 0 fully saturated rings. The Bertz CT molecular complexity index is 1210. The van der Waals surface area contributed by atoms with Crippen LogP contribution in [0.25, 0.3) is 0 Å². The number of carbonyl (C=O) groups excluding carboxylic acids is 1. The van der Waals surface area contributed by atoms with Gasteiger partial charge in [-0.15, -0.1) is 0 Å². The second-order valence-electron chi connectivity index (χ2n) is 8.20. The fourth-order valence-corrected chi connectivity index (χ4v) is 4.32. The summed E-state index contributed by atoms with van der Waals surface area (Å²) in [5.74, 6) is -0.275. The predicted molar refractivity (Wildman–Crippen MR) is 138 cm³/mol. The third-order valence-electron chi connectivity index (χ3n) is 5.94. The molecule has 35 heavy (non-hydrogen) atoms. The van der Waals surface area contributed by atoms with Crippen molar-refractivity contribution in [1.29, 1.82) is 0 Å². The molecule has 2 heterocycles. The van der Waals surface area contributed by atoms with Gasteiger partial charge in [0.2, 0.25) is 5.95 Å². The molecule has 8 nitrogen and oxygen atoms in total. The molecule has 4 rings (SSSR count). The van der Waals surface area contributed by atoms with Gasteiger partial charge in [0.1, 0.15) is 11.6 Å². The molecule has 2 aromatic carbocycles. The highest BCUT2D eigenvalue weighted by Gasteiger charge is 2.17. The van der Waals surface area contributed by atoms with Crippen molar-refractivity contribution in [2.75, 3.05) is 51.0 Å². The number of halogens is 2. The van der Waals surface area contributed by atoms with E-state index in [1.807, 2.05) is 6.07 Å². The number of nitrogens with zero attached hydrogens (tertiary/aromatic N) is 3. The van der Waals surface area contributed by atoms with E-state index in [1.165, 1.54) is 30.3 Å². The molecule has 0 unspecified atom stereocenters. The zero-order valence-corrected chi connectivity index (χ0v) is 21.3. The van der Waals surface area contributed by atoms with E-state index in [1.54, 1.807) is 19.4 Å². The van der Waals surface area contributed by atoms with E-state index in [9.17, 15) is 9.18 Å². The highest BCUT2D eigenvalue weighted by molar-refractivity contribution is 9.10. The zero-order valence-electron chi connectivity index (χ0n) is 19.7. The van der Waals surface area contributed by atoms with Gasteiger partial charge in [0, 0.05) is 45.7 Å². The van der Waals surface area contributed by atoms with Crippen LogP contribution in [0.5, 0.6) is 0 Å². The Morgan fingerprint density at radius 2 is 1.97 bits per heavy atom. The third-order valence-corrected chi connectivity index (χ3v) is 6.52. The van der Waals surface area contributed by atoms with Crippen LogP contribution in [0.4, 0.5) is 27.5 Å². The first-order valence-corrected chi connectivity index (χ1v) is 12.2. The van der Waals surface area contributed by atoms with E-state index in [0.29, 0.717) is 16.2 Å². The Kier molecular flexibility index (Phi) is 8.27. The average Bonchev–Trinajstić information content (AvgIpc) is 3.07. The molecule has 1 aliphatic rings. The second-order valence-corrected chi connectivity index (χ2v) is 9.05. The van der Waals surface area contributed by atoms with Crippen molar-refractivity contribution >= 4 is 45.0 Å². The summed E-state index contributed by atoms with van der Waals surface area (Å²) in [6, 6.07) is 10.6. The molecular formula is C25H28BrFN6O2. The number of benzene rings is 2. The summed E-state index contributed by atoms with van der Waals surface area (Å²) in [4.78, 5) is 23.5. The lowest BCUT2D eigenvalue weighted by Crippen LogP contribution is -2.29. The number of fused-ring (bicyclic) bond motifs is 1. The number of rotatable bonds is 8. The molecule has 0 saturated carbocycles. The Balaban J connectivity index is 1.52. The highest BCUT2D eigenvalue weighted by atomic mass is 79.9. The van der Waals surface area contributed by atoms with Gasteiger partial charge in [-0.25, -0.2) is 9.37 Å². The van der Waals surface area contributed by atoms with Crippen LogP contribution in [0.15, 0.2) is 47.1 Å². The molecule has 0 bridgehead atoms. The van der Waals surface area contributed by atoms with E-state index >= 15 is 0 Å². The maximum absolute atomic E-state index is 14.6. The van der Waals surface area contributed by atoms with Gasteiger partial charge in [0.05, 0.1) is 22.3 Å². The predicted octanol–water partition coefficient (Wildman–Crippen LogP) is 4.27. The van der Waals surface area contributed by atoms with Gasteiger partial charge in [0.25, 0.3) is 5.91 Å². The Hall–Kier alpha value is -3.08. The summed E-state index contributed by atoms with van der Waals surface area (Å²) < 4.78 is 20.3. The monoisotopic (exact) mass is 542 g/mol. The van der Waals surface area contributed by atoms with Crippen LogP contribution < -0.4 is 16.0 Å². The molecule has 1 aromatic heterocycles. The van der Waals surface area contributed by atoms with Crippen LogP contribution in [0.3, 0.4) is 0 Å². The number of hydrogen-bond donors (Lipinski definition) is 3. The smallest absolute Gasteiger partial charge is 0.253 e. The molecule has 184 valence electrons. The lowest BCUT2D eigenvalue weighted by molar-refractivity contribution is 0.0963.